The van der Waals surface area contributed by atoms with Gasteiger partial charge >= 0.3 is 0 Å². The van der Waals surface area contributed by atoms with Gasteiger partial charge in [-0.25, -0.2) is 13.1 Å². The van der Waals surface area contributed by atoms with E-state index in [1.54, 1.807) is 12.1 Å². The lowest BCUT2D eigenvalue weighted by atomic mass is 10.1. The lowest BCUT2D eigenvalue weighted by molar-refractivity contribution is 0.0651. The van der Waals surface area contributed by atoms with Crippen LogP contribution in [0.1, 0.15) is 40.9 Å². The summed E-state index contributed by atoms with van der Waals surface area (Å²) in [6.07, 6.45) is 0.109. The highest BCUT2D eigenvalue weighted by molar-refractivity contribution is 7.89. The fraction of sp³-hybridized carbons (Fsp3) is 0.240. The Labute approximate surface area is 189 Å². The Morgan fingerprint density at radius 2 is 1.56 bits per heavy atom. The minimum Gasteiger partial charge on any atom is -0.374 e. The van der Waals surface area contributed by atoms with E-state index < -0.39 is 10.0 Å². The van der Waals surface area contributed by atoms with Crippen LogP contribution in [0.25, 0.3) is 0 Å². The van der Waals surface area contributed by atoms with E-state index in [1.807, 2.05) is 68.4 Å². The van der Waals surface area contributed by atoms with Crippen LogP contribution in [0.2, 0.25) is 0 Å². The fourth-order valence-electron chi connectivity index (χ4n) is 3.07. The molecule has 3 aromatic carbocycles. The number of carbonyl (C=O) groups excluding carboxylic acids is 1. The van der Waals surface area contributed by atoms with Crippen molar-refractivity contribution >= 4 is 15.9 Å². The van der Waals surface area contributed by atoms with Crippen molar-refractivity contribution in [3.05, 3.63) is 101 Å². The second kappa shape index (κ2) is 11.0. The molecule has 7 heteroatoms. The lowest BCUT2D eigenvalue weighted by Crippen LogP contribution is -2.25. The summed E-state index contributed by atoms with van der Waals surface area (Å²) in [4.78, 5) is 12.7. The van der Waals surface area contributed by atoms with Crippen molar-refractivity contribution in [2.45, 2.75) is 44.5 Å². The molecule has 0 saturated carbocycles. The van der Waals surface area contributed by atoms with Crippen LogP contribution in [0, 0.1) is 0 Å². The second-order valence-electron chi connectivity index (χ2n) is 7.65. The van der Waals surface area contributed by atoms with Crippen molar-refractivity contribution in [3.8, 4) is 0 Å². The SMILES string of the molecule is CC(C)OCc1ccccc1CNC(=O)c1cccc(S(=O)(=O)NCc2ccccc2)c1. The van der Waals surface area contributed by atoms with Crippen LogP contribution >= 0.6 is 0 Å². The molecule has 3 aromatic rings. The van der Waals surface area contributed by atoms with E-state index in [9.17, 15) is 13.2 Å². The first-order chi connectivity index (χ1) is 15.3. The van der Waals surface area contributed by atoms with Gasteiger partial charge < -0.3 is 10.1 Å². The Bertz CT molecular complexity index is 1150. The predicted molar refractivity (Wildman–Crippen MR) is 124 cm³/mol. The van der Waals surface area contributed by atoms with E-state index in [2.05, 4.69) is 10.0 Å². The van der Waals surface area contributed by atoms with Crippen LogP contribution in [0.4, 0.5) is 0 Å². The number of sulfonamides is 1. The minimum absolute atomic E-state index is 0.0480. The van der Waals surface area contributed by atoms with Gasteiger partial charge in [-0.1, -0.05) is 60.7 Å². The topological polar surface area (TPSA) is 84.5 Å². The Morgan fingerprint density at radius 3 is 2.28 bits per heavy atom. The largest absolute Gasteiger partial charge is 0.374 e. The molecular formula is C25H28N2O4S. The van der Waals surface area contributed by atoms with Gasteiger partial charge in [0.15, 0.2) is 0 Å². The quantitative estimate of drug-likeness (QED) is 0.487. The van der Waals surface area contributed by atoms with Crippen LogP contribution in [-0.4, -0.2) is 20.4 Å². The molecule has 1 amide bonds. The standard InChI is InChI=1S/C25H28N2O4S/c1-19(2)31-18-23-12-7-6-11-22(23)17-26-25(28)21-13-8-14-24(15-21)32(29,30)27-16-20-9-4-3-5-10-20/h3-15,19,27H,16-18H2,1-2H3,(H,26,28). The summed E-state index contributed by atoms with van der Waals surface area (Å²) in [5.74, 6) is -0.343. The Balaban J connectivity index is 1.65. The summed E-state index contributed by atoms with van der Waals surface area (Å²) >= 11 is 0. The predicted octanol–water partition coefficient (Wildman–Crippen LogP) is 4.02. The van der Waals surface area contributed by atoms with Gasteiger partial charge in [0, 0.05) is 18.7 Å². The summed E-state index contributed by atoms with van der Waals surface area (Å²) in [5.41, 5.74) is 3.09. The molecule has 0 unspecified atom stereocenters. The first-order valence-electron chi connectivity index (χ1n) is 10.5. The first-order valence-corrected chi connectivity index (χ1v) is 11.9. The van der Waals surface area contributed by atoms with Crippen molar-refractivity contribution in [2.75, 3.05) is 0 Å². The molecule has 0 heterocycles. The maximum absolute atomic E-state index is 12.7. The molecule has 0 aliphatic rings. The molecule has 0 bridgehead atoms. The molecular weight excluding hydrogens is 424 g/mol. The van der Waals surface area contributed by atoms with Gasteiger partial charge in [-0.2, -0.15) is 0 Å². The van der Waals surface area contributed by atoms with Crippen LogP contribution in [0.15, 0.2) is 83.8 Å². The smallest absolute Gasteiger partial charge is 0.251 e. The zero-order valence-electron chi connectivity index (χ0n) is 18.2. The number of hydrogen-bond donors (Lipinski definition) is 2. The van der Waals surface area contributed by atoms with Crippen molar-refractivity contribution in [1.82, 2.24) is 10.0 Å². The highest BCUT2D eigenvalue weighted by Gasteiger charge is 2.16. The summed E-state index contributed by atoms with van der Waals surface area (Å²) < 4.78 is 33.6. The van der Waals surface area contributed by atoms with Crippen LogP contribution in [0.5, 0.6) is 0 Å². The van der Waals surface area contributed by atoms with Gasteiger partial charge in [0.05, 0.1) is 17.6 Å². The molecule has 0 aromatic heterocycles. The Kier molecular flexibility index (Phi) is 8.16. The van der Waals surface area contributed by atoms with Crippen molar-refractivity contribution < 1.29 is 17.9 Å². The zero-order chi connectivity index (χ0) is 23.0. The molecule has 32 heavy (non-hydrogen) atoms. The highest BCUT2D eigenvalue weighted by Crippen LogP contribution is 2.14. The zero-order valence-corrected chi connectivity index (χ0v) is 19.1. The molecule has 0 fully saturated rings. The van der Waals surface area contributed by atoms with Crippen molar-refractivity contribution in [3.63, 3.8) is 0 Å². The summed E-state index contributed by atoms with van der Waals surface area (Å²) in [6, 6.07) is 23.0. The third kappa shape index (κ3) is 6.75. The fourth-order valence-corrected chi connectivity index (χ4v) is 4.13. The maximum Gasteiger partial charge on any atom is 0.251 e. The molecule has 6 nitrogen and oxygen atoms in total. The van der Waals surface area contributed by atoms with Crippen LogP contribution in [0.3, 0.4) is 0 Å². The normalized spacial score (nSPS) is 11.5. The molecule has 0 saturated heterocycles. The molecule has 168 valence electrons. The van der Waals surface area contributed by atoms with Gasteiger partial charge in [0.2, 0.25) is 10.0 Å². The van der Waals surface area contributed by atoms with Crippen LogP contribution in [-0.2, 0) is 34.5 Å². The first kappa shape index (κ1) is 23.7. The average Bonchev–Trinajstić information content (AvgIpc) is 2.81. The monoisotopic (exact) mass is 452 g/mol. The van der Waals surface area contributed by atoms with Crippen molar-refractivity contribution in [2.24, 2.45) is 0 Å². The number of benzene rings is 3. The van der Waals surface area contributed by atoms with E-state index in [1.165, 1.54) is 12.1 Å². The van der Waals surface area contributed by atoms with Gasteiger partial charge in [-0.15, -0.1) is 0 Å². The number of ether oxygens (including phenoxy) is 1. The number of rotatable bonds is 10. The average molecular weight is 453 g/mol. The molecule has 0 aliphatic heterocycles. The lowest BCUT2D eigenvalue weighted by Gasteiger charge is -2.13. The number of carbonyl (C=O) groups is 1. The van der Waals surface area contributed by atoms with Gasteiger partial charge in [0.25, 0.3) is 5.91 Å². The number of amides is 1. The minimum atomic E-state index is -3.75. The van der Waals surface area contributed by atoms with Gasteiger partial charge in [0.1, 0.15) is 0 Å². The summed E-state index contributed by atoms with van der Waals surface area (Å²) in [5, 5.41) is 2.87. The number of nitrogens with one attached hydrogen (secondary N) is 2. The van der Waals surface area contributed by atoms with Crippen molar-refractivity contribution in [1.29, 1.82) is 0 Å². The molecule has 3 rings (SSSR count). The molecule has 0 aliphatic carbocycles. The third-order valence-corrected chi connectivity index (χ3v) is 6.24. The van der Waals surface area contributed by atoms with E-state index in [0.717, 1.165) is 16.7 Å². The van der Waals surface area contributed by atoms with Gasteiger partial charge in [-0.3, -0.25) is 4.79 Å². The molecule has 0 atom stereocenters. The Hall–Kier alpha value is -3.00. The van der Waals surface area contributed by atoms with E-state index >= 15 is 0 Å². The molecule has 0 spiro atoms. The summed E-state index contributed by atoms with van der Waals surface area (Å²) in [6.45, 7) is 4.90. The van der Waals surface area contributed by atoms with Gasteiger partial charge in [-0.05, 0) is 48.7 Å². The molecule has 2 N–H and O–H groups in total. The maximum atomic E-state index is 12.7. The number of hydrogen-bond acceptors (Lipinski definition) is 4. The summed E-state index contributed by atoms with van der Waals surface area (Å²) in [7, 11) is -3.75. The van der Waals surface area contributed by atoms with E-state index in [0.29, 0.717) is 13.2 Å². The molecule has 0 radical (unpaired) electrons. The van der Waals surface area contributed by atoms with Crippen LogP contribution < -0.4 is 10.0 Å². The third-order valence-electron chi connectivity index (χ3n) is 4.85. The van der Waals surface area contributed by atoms with E-state index in [-0.39, 0.29) is 29.0 Å². The van der Waals surface area contributed by atoms with E-state index in [4.69, 9.17) is 4.74 Å². The second-order valence-corrected chi connectivity index (χ2v) is 9.42. The Morgan fingerprint density at radius 1 is 0.875 bits per heavy atom. The highest BCUT2D eigenvalue weighted by atomic mass is 32.2.